The predicted molar refractivity (Wildman–Crippen MR) is 110 cm³/mol. The molecule has 0 bridgehead atoms. The van der Waals surface area contributed by atoms with Crippen molar-refractivity contribution in [2.75, 3.05) is 44.3 Å². The SMILES string of the molecule is CC1CC(=O)NCCN1c1nc(CN2CCOCC2)nc2sc3c(c12)CCC3. The number of rotatable bonds is 3. The van der Waals surface area contributed by atoms with Gasteiger partial charge in [0.2, 0.25) is 5.91 Å². The Morgan fingerprint density at radius 2 is 2.07 bits per heavy atom. The highest BCUT2D eigenvalue weighted by Gasteiger charge is 2.29. The Hall–Kier alpha value is -1.77. The summed E-state index contributed by atoms with van der Waals surface area (Å²) >= 11 is 1.84. The average Bonchev–Trinajstić information content (AvgIpc) is 3.21. The molecule has 0 aromatic carbocycles. The summed E-state index contributed by atoms with van der Waals surface area (Å²) < 4.78 is 5.48. The van der Waals surface area contributed by atoms with E-state index < -0.39 is 0 Å². The Bertz CT molecular complexity index is 892. The highest BCUT2D eigenvalue weighted by atomic mass is 32.1. The molecule has 4 heterocycles. The maximum atomic E-state index is 12.0. The predicted octanol–water partition coefficient (Wildman–Crippen LogP) is 1.73. The van der Waals surface area contributed by atoms with E-state index in [1.165, 1.54) is 22.2 Å². The Morgan fingerprint density at radius 1 is 1.21 bits per heavy atom. The number of nitrogens with zero attached hydrogens (tertiary/aromatic N) is 4. The van der Waals surface area contributed by atoms with E-state index in [4.69, 9.17) is 14.7 Å². The lowest BCUT2D eigenvalue weighted by molar-refractivity contribution is -0.120. The first-order valence-corrected chi connectivity index (χ1v) is 11.2. The van der Waals surface area contributed by atoms with E-state index >= 15 is 0 Å². The fourth-order valence-corrected chi connectivity index (χ4v) is 5.83. The maximum absolute atomic E-state index is 12.0. The van der Waals surface area contributed by atoms with E-state index in [1.54, 1.807) is 0 Å². The van der Waals surface area contributed by atoms with Crippen molar-refractivity contribution in [2.24, 2.45) is 0 Å². The second-order valence-electron chi connectivity index (χ2n) is 7.99. The summed E-state index contributed by atoms with van der Waals surface area (Å²) in [6, 6.07) is 0.133. The number of amides is 1. The van der Waals surface area contributed by atoms with Gasteiger partial charge in [-0.05, 0) is 31.7 Å². The summed E-state index contributed by atoms with van der Waals surface area (Å²) in [5.74, 6) is 2.06. The molecule has 1 N–H and O–H groups in total. The summed E-state index contributed by atoms with van der Waals surface area (Å²) in [6.45, 7) is 7.76. The second-order valence-corrected chi connectivity index (χ2v) is 9.07. The average molecular weight is 402 g/mol. The number of carbonyl (C=O) groups excluding carboxylic acids is 1. The third-order valence-electron chi connectivity index (χ3n) is 6.02. The molecule has 0 saturated carbocycles. The van der Waals surface area contributed by atoms with Crippen molar-refractivity contribution >= 4 is 33.3 Å². The number of aryl methyl sites for hydroxylation is 2. The van der Waals surface area contributed by atoms with Crippen molar-refractivity contribution in [3.63, 3.8) is 0 Å². The van der Waals surface area contributed by atoms with Crippen LogP contribution in [-0.2, 0) is 28.9 Å². The highest BCUT2D eigenvalue weighted by Crippen LogP contribution is 2.41. The second kappa shape index (κ2) is 7.57. The molecule has 8 heteroatoms. The van der Waals surface area contributed by atoms with Crippen LogP contribution >= 0.6 is 11.3 Å². The van der Waals surface area contributed by atoms with Crippen LogP contribution in [0.25, 0.3) is 10.2 Å². The van der Waals surface area contributed by atoms with Gasteiger partial charge in [-0.25, -0.2) is 9.97 Å². The van der Waals surface area contributed by atoms with E-state index in [2.05, 4.69) is 22.0 Å². The standard InChI is InChI=1S/C20H27N5O2S/c1-13-11-17(26)21-5-6-25(13)19-18-14-3-2-4-15(14)28-20(18)23-16(22-19)12-24-7-9-27-10-8-24/h13H,2-12H2,1H3,(H,21,26). The van der Waals surface area contributed by atoms with Gasteiger partial charge in [-0.2, -0.15) is 0 Å². The van der Waals surface area contributed by atoms with Gasteiger partial charge in [-0.1, -0.05) is 0 Å². The zero-order chi connectivity index (χ0) is 19.1. The van der Waals surface area contributed by atoms with Crippen molar-refractivity contribution < 1.29 is 9.53 Å². The third-order valence-corrected chi connectivity index (χ3v) is 7.21. The molecule has 0 spiro atoms. The molecule has 5 rings (SSSR count). The van der Waals surface area contributed by atoms with Crippen LogP contribution in [0.2, 0.25) is 0 Å². The number of nitrogens with one attached hydrogen (secondary N) is 1. The number of hydrogen-bond acceptors (Lipinski definition) is 7. The summed E-state index contributed by atoms with van der Waals surface area (Å²) in [7, 11) is 0. The highest BCUT2D eigenvalue weighted by molar-refractivity contribution is 7.19. The molecule has 1 unspecified atom stereocenters. The third kappa shape index (κ3) is 3.38. The van der Waals surface area contributed by atoms with Gasteiger partial charge in [0.25, 0.3) is 0 Å². The van der Waals surface area contributed by atoms with E-state index in [1.807, 2.05) is 11.3 Å². The van der Waals surface area contributed by atoms with Crippen molar-refractivity contribution in [3.8, 4) is 0 Å². The largest absolute Gasteiger partial charge is 0.379 e. The van der Waals surface area contributed by atoms with Gasteiger partial charge >= 0.3 is 0 Å². The topological polar surface area (TPSA) is 70.6 Å². The maximum Gasteiger partial charge on any atom is 0.222 e. The van der Waals surface area contributed by atoms with Gasteiger partial charge in [0.15, 0.2) is 0 Å². The smallest absolute Gasteiger partial charge is 0.222 e. The first-order chi connectivity index (χ1) is 13.7. The minimum absolute atomic E-state index is 0.129. The number of fused-ring (bicyclic) bond motifs is 3. The molecule has 7 nitrogen and oxygen atoms in total. The van der Waals surface area contributed by atoms with Gasteiger partial charge in [-0.3, -0.25) is 9.69 Å². The molecule has 1 aliphatic carbocycles. The van der Waals surface area contributed by atoms with Crippen LogP contribution in [0.5, 0.6) is 0 Å². The molecular formula is C20H27N5O2S. The number of carbonyl (C=O) groups is 1. The molecule has 2 fully saturated rings. The van der Waals surface area contributed by atoms with Crippen LogP contribution in [0, 0.1) is 0 Å². The van der Waals surface area contributed by atoms with Gasteiger partial charge < -0.3 is 15.0 Å². The summed E-state index contributed by atoms with van der Waals surface area (Å²) in [4.78, 5) is 29.4. The van der Waals surface area contributed by atoms with Crippen LogP contribution in [-0.4, -0.2) is 66.2 Å². The van der Waals surface area contributed by atoms with Crippen LogP contribution in [0.3, 0.4) is 0 Å². The fourth-order valence-electron chi connectivity index (χ4n) is 4.56. The van der Waals surface area contributed by atoms with Gasteiger partial charge in [-0.15, -0.1) is 11.3 Å². The van der Waals surface area contributed by atoms with E-state index in [-0.39, 0.29) is 11.9 Å². The summed E-state index contributed by atoms with van der Waals surface area (Å²) in [5, 5.41) is 4.25. The molecule has 1 amide bonds. The van der Waals surface area contributed by atoms with Crippen LogP contribution in [0.15, 0.2) is 0 Å². The monoisotopic (exact) mass is 401 g/mol. The van der Waals surface area contributed by atoms with Crippen molar-refractivity contribution in [1.29, 1.82) is 0 Å². The number of thiophene rings is 1. The molecule has 2 aliphatic heterocycles. The molecule has 28 heavy (non-hydrogen) atoms. The zero-order valence-corrected chi connectivity index (χ0v) is 17.2. The number of ether oxygens (including phenoxy) is 1. The first-order valence-electron chi connectivity index (χ1n) is 10.3. The minimum atomic E-state index is 0.129. The van der Waals surface area contributed by atoms with Crippen LogP contribution < -0.4 is 10.2 Å². The molecule has 1 atom stereocenters. The van der Waals surface area contributed by atoms with E-state index in [0.29, 0.717) is 13.0 Å². The van der Waals surface area contributed by atoms with Gasteiger partial charge in [0.05, 0.1) is 25.1 Å². The Labute approximate surface area is 169 Å². The van der Waals surface area contributed by atoms with E-state index in [0.717, 1.165) is 68.7 Å². The first kappa shape index (κ1) is 18.3. The van der Waals surface area contributed by atoms with Crippen molar-refractivity contribution in [2.45, 2.75) is 45.2 Å². The zero-order valence-electron chi connectivity index (χ0n) is 16.4. The lowest BCUT2D eigenvalue weighted by Gasteiger charge is -2.29. The summed E-state index contributed by atoms with van der Waals surface area (Å²) in [6.07, 6.45) is 4.01. The fraction of sp³-hybridized carbons (Fsp3) is 0.650. The lowest BCUT2D eigenvalue weighted by atomic mass is 10.1. The minimum Gasteiger partial charge on any atom is -0.379 e. The molecular weight excluding hydrogens is 374 g/mol. The Kier molecular flexibility index (Phi) is 4.94. The Balaban J connectivity index is 1.57. The number of anilines is 1. The molecule has 2 aromatic heterocycles. The van der Waals surface area contributed by atoms with Crippen molar-refractivity contribution in [3.05, 3.63) is 16.3 Å². The number of hydrogen-bond donors (Lipinski definition) is 1. The quantitative estimate of drug-likeness (QED) is 0.845. The molecule has 2 aromatic rings. The molecule has 3 aliphatic rings. The molecule has 0 radical (unpaired) electrons. The van der Waals surface area contributed by atoms with Crippen molar-refractivity contribution in [1.82, 2.24) is 20.2 Å². The number of aromatic nitrogens is 2. The number of morpholine rings is 1. The lowest BCUT2D eigenvalue weighted by Crippen LogP contribution is -2.37. The molecule has 150 valence electrons. The van der Waals surface area contributed by atoms with E-state index in [9.17, 15) is 4.79 Å². The molecule has 2 saturated heterocycles. The van der Waals surface area contributed by atoms with Gasteiger partial charge in [0.1, 0.15) is 16.5 Å². The van der Waals surface area contributed by atoms with Crippen LogP contribution in [0.1, 0.15) is 36.0 Å². The normalized spacial score (nSPS) is 23.7. The summed E-state index contributed by atoms with van der Waals surface area (Å²) in [5.41, 5.74) is 1.45. The van der Waals surface area contributed by atoms with Crippen LogP contribution in [0.4, 0.5) is 5.82 Å². The Morgan fingerprint density at radius 3 is 2.93 bits per heavy atom. The van der Waals surface area contributed by atoms with Gasteiger partial charge in [0, 0.05) is 43.5 Å².